The fourth-order valence-electron chi connectivity index (χ4n) is 0.762. The summed E-state index contributed by atoms with van der Waals surface area (Å²) < 4.78 is 0. The van der Waals surface area contributed by atoms with E-state index < -0.39 is 0 Å². The summed E-state index contributed by atoms with van der Waals surface area (Å²) in [4.78, 5) is 4.12. The molecule has 0 bridgehead atoms. The average molecular weight is 203 g/mol. The first kappa shape index (κ1) is 9.68. The Labute approximate surface area is 81.5 Å². The highest BCUT2D eigenvalue weighted by Gasteiger charge is 2.00. The van der Waals surface area contributed by atoms with Crippen molar-refractivity contribution in [3.05, 3.63) is 17.3 Å². The average Bonchev–Trinajstić information content (AvgIpc) is 2.03. The Morgan fingerprint density at radius 2 is 2.42 bits per heavy atom. The van der Waals surface area contributed by atoms with Gasteiger partial charge in [-0.05, 0) is 18.2 Å². The van der Waals surface area contributed by atoms with E-state index in [-0.39, 0.29) is 0 Å². The number of pyridine rings is 1. The number of anilines is 1. The fraction of sp³-hybridized carbons (Fsp3) is 0.375. The van der Waals surface area contributed by atoms with Gasteiger partial charge in [-0.2, -0.15) is 0 Å². The minimum Gasteiger partial charge on any atom is -0.397 e. The van der Waals surface area contributed by atoms with Crippen LogP contribution in [-0.4, -0.2) is 10.7 Å². The molecule has 1 heterocycles. The second-order valence-electron chi connectivity index (χ2n) is 2.40. The smallest absolute Gasteiger partial charge is 0.119 e. The van der Waals surface area contributed by atoms with E-state index in [9.17, 15) is 0 Å². The van der Waals surface area contributed by atoms with Crippen molar-refractivity contribution in [3.8, 4) is 0 Å². The van der Waals surface area contributed by atoms with Crippen LogP contribution in [0.5, 0.6) is 0 Å². The maximum absolute atomic E-state index is 5.70. The van der Waals surface area contributed by atoms with E-state index in [0.29, 0.717) is 10.7 Å². The maximum Gasteiger partial charge on any atom is 0.119 e. The van der Waals surface area contributed by atoms with Gasteiger partial charge < -0.3 is 5.73 Å². The topological polar surface area (TPSA) is 38.9 Å². The zero-order valence-electron chi connectivity index (χ0n) is 6.88. The number of hydrogen-bond donors (Lipinski definition) is 1. The summed E-state index contributed by atoms with van der Waals surface area (Å²) in [5.74, 6) is 1.04. The molecule has 1 rings (SSSR count). The van der Waals surface area contributed by atoms with Crippen molar-refractivity contribution in [2.24, 2.45) is 0 Å². The van der Waals surface area contributed by atoms with Crippen molar-refractivity contribution in [3.63, 3.8) is 0 Å². The lowest BCUT2D eigenvalue weighted by atomic mass is 10.4. The number of aromatic nitrogens is 1. The standard InChI is InChI=1S/C8H11ClN2S/c1-2-3-12-8-7(10)4-6(9)5-11-8/h4-5H,2-3,10H2,1H3. The molecule has 0 aromatic carbocycles. The molecule has 0 saturated carbocycles. The van der Waals surface area contributed by atoms with E-state index in [0.717, 1.165) is 17.2 Å². The second kappa shape index (κ2) is 4.58. The van der Waals surface area contributed by atoms with E-state index in [1.807, 2.05) is 0 Å². The number of nitrogen functional groups attached to an aromatic ring is 1. The molecule has 0 aliphatic rings. The summed E-state index contributed by atoms with van der Waals surface area (Å²) in [5, 5.41) is 1.47. The van der Waals surface area contributed by atoms with Crippen molar-refractivity contribution < 1.29 is 0 Å². The summed E-state index contributed by atoms with van der Waals surface area (Å²) in [7, 11) is 0. The van der Waals surface area contributed by atoms with Crippen molar-refractivity contribution in [1.82, 2.24) is 4.98 Å². The SMILES string of the molecule is CCCSc1ncc(Cl)cc1N. The molecule has 0 aliphatic carbocycles. The predicted octanol–water partition coefficient (Wildman–Crippen LogP) is 2.82. The van der Waals surface area contributed by atoms with Crippen LogP contribution in [0.1, 0.15) is 13.3 Å². The second-order valence-corrected chi connectivity index (χ2v) is 3.92. The minimum atomic E-state index is 0.591. The molecule has 1 aromatic heterocycles. The summed E-state index contributed by atoms with van der Waals surface area (Å²) in [6.07, 6.45) is 2.74. The molecule has 0 saturated heterocycles. The Balaban J connectivity index is 2.72. The normalized spacial score (nSPS) is 10.2. The highest BCUT2D eigenvalue weighted by atomic mass is 35.5. The van der Waals surface area contributed by atoms with Gasteiger partial charge >= 0.3 is 0 Å². The first-order valence-electron chi connectivity index (χ1n) is 3.78. The Kier molecular flexibility index (Phi) is 3.69. The molecule has 0 aliphatic heterocycles. The van der Waals surface area contributed by atoms with Crippen molar-refractivity contribution in [2.75, 3.05) is 11.5 Å². The summed E-state index contributed by atoms with van der Waals surface area (Å²) in [6, 6.07) is 1.73. The van der Waals surface area contributed by atoms with Gasteiger partial charge in [-0.1, -0.05) is 18.5 Å². The Bertz CT molecular complexity index is 265. The van der Waals surface area contributed by atoms with Gasteiger partial charge in [0.05, 0.1) is 10.7 Å². The van der Waals surface area contributed by atoms with Gasteiger partial charge in [-0.15, -0.1) is 11.8 Å². The van der Waals surface area contributed by atoms with E-state index >= 15 is 0 Å². The third kappa shape index (κ3) is 2.57. The van der Waals surface area contributed by atoms with Crippen LogP contribution in [0.3, 0.4) is 0 Å². The predicted molar refractivity (Wildman–Crippen MR) is 54.7 cm³/mol. The molecule has 0 fully saturated rings. The number of hydrogen-bond acceptors (Lipinski definition) is 3. The number of nitrogens with zero attached hydrogens (tertiary/aromatic N) is 1. The van der Waals surface area contributed by atoms with Crippen LogP contribution >= 0.6 is 23.4 Å². The van der Waals surface area contributed by atoms with E-state index in [4.69, 9.17) is 17.3 Å². The lowest BCUT2D eigenvalue weighted by Gasteiger charge is -2.02. The Morgan fingerprint density at radius 1 is 1.67 bits per heavy atom. The lowest BCUT2D eigenvalue weighted by molar-refractivity contribution is 1.08. The molecule has 0 unspecified atom stereocenters. The van der Waals surface area contributed by atoms with E-state index in [1.165, 1.54) is 0 Å². The Morgan fingerprint density at radius 3 is 3.00 bits per heavy atom. The van der Waals surface area contributed by atoms with Gasteiger partial charge in [0.25, 0.3) is 0 Å². The molecule has 2 nitrogen and oxygen atoms in total. The van der Waals surface area contributed by atoms with Gasteiger partial charge in [-0.3, -0.25) is 0 Å². The van der Waals surface area contributed by atoms with Gasteiger partial charge in [0.15, 0.2) is 0 Å². The maximum atomic E-state index is 5.70. The highest BCUT2D eigenvalue weighted by molar-refractivity contribution is 7.99. The third-order valence-electron chi connectivity index (χ3n) is 1.29. The number of thioether (sulfide) groups is 1. The van der Waals surface area contributed by atoms with Crippen molar-refractivity contribution in [1.29, 1.82) is 0 Å². The van der Waals surface area contributed by atoms with E-state index in [1.54, 1.807) is 24.0 Å². The molecule has 4 heteroatoms. The van der Waals surface area contributed by atoms with E-state index in [2.05, 4.69) is 11.9 Å². The number of nitrogens with two attached hydrogens (primary N) is 1. The monoisotopic (exact) mass is 202 g/mol. The van der Waals surface area contributed by atoms with Crippen LogP contribution in [0, 0.1) is 0 Å². The molecule has 12 heavy (non-hydrogen) atoms. The summed E-state index contributed by atoms with van der Waals surface area (Å²) >= 11 is 7.36. The van der Waals surface area contributed by atoms with Gasteiger partial charge in [-0.25, -0.2) is 4.98 Å². The molecule has 1 aromatic rings. The van der Waals surface area contributed by atoms with Crippen LogP contribution in [-0.2, 0) is 0 Å². The molecule has 2 N–H and O–H groups in total. The first-order valence-corrected chi connectivity index (χ1v) is 5.14. The Hall–Kier alpha value is -0.410. The van der Waals surface area contributed by atoms with Crippen LogP contribution in [0.15, 0.2) is 17.3 Å². The summed E-state index contributed by atoms with van der Waals surface area (Å²) in [6.45, 7) is 2.12. The van der Waals surface area contributed by atoms with Crippen LogP contribution < -0.4 is 5.73 Å². The molecular weight excluding hydrogens is 192 g/mol. The van der Waals surface area contributed by atoms with Crippen molar-refractivity contribution in [2.45, 2.75) is 18.4 Å². The van der Waals surface area contributed by atoms with Gasteiger partial charge in [0, 0.05) is 6.20 Å². The molecule has 0 atom stereocenters. The third-order valence-corrected chi connectivity index (χ3v) is 2.72. The molecule has 66 valence electrons. The first-order chi connectivity index (χ1) is 5.74. The molecule has 0 spiro atoms. The zero-order chi connectivity index (χ0) is 8.97. The number of halogens is 1. The quantitative estimate of drug-likeness (QED) is 0.767. The largest absolute Gasteiger partial charge is 0.397 e. The van der Waals surface area contributed by atoms with Gasteiger partial charge in [0.2, 0.25) is 0 Å². The lowest BCUT2D eigenvalue weighted by Crippen LogP contribution is -1.91. The molecular formula is C8H11ClN2S. The number of rotatable bonds is 3. The minimum absolute atomic E-state index is 0.591. The van der Waals surface area contributed by atoms with Crippen LogP contribution in [0.25, 0.3) is 0 Å². The highest BCUT2D eigenvalue weighted by Crippen LogP contribution is 2.24. The molecule has 0 radical (unpaired) electrons. The van der Waals surface area contributed by atoms with Crippen LogP contribution in [0.2, 0.25) is 5.02 Å². The fourth-order valence-corrected chi connectivity index (χ4v) is 1.68. The van der Waals surface area contributed by atoms with Crippen LogP contribution in [0.4, 0.5) is 5.69 Å². The zero-order valence-corrected chi connectivity index (χ0v) is 8.45. The van der Waals surface area contributed by atoms with Crippen molar-refractivity contribution >= 4 is 29.1 Å². The summed E-state index contributed by atoms with van der Waals surface area (Å²) in [5.41, 5.74) is 6.36. The molecule has 0 amide bonds. The van der Waals surface area contributed by atoms with Gasteiger partial charge in [0.1, 0.15) is 5.03 Å².